The number of rotatable bonds is 0. The van der Waals surface area contributed by atoms with E-state index < -0.39 is 5.92 Å². The van der Waals surface area contributed by atoms with Crippen LogP contribution in [0.5, 0.6) is 0 Å². The number of carbonyl (C=O) groups excluding carboxylic acids is 3. The lowest BCUT2D eigenvalue weighted by molar-refractivity contribution is -0.131. The van der Waals surface area contributed by atoms with Gasteiger partial charge in [0, 0.05) is 30.6 Å². The zero-order valence-corrected chi connectivity index (χ0v) is 14.1. The molecule has 0 bridgehead atoms. The Balaban J connectivity index is 1.74. The topological polar surface area (TPSA) is 51.2 Å². The van der Waals surface area contributed by atoms with Gasteiger partial charge in [-0.2, -0.15) is 0 Å². The third-order valence-corrected chi connectivity index (χ3v) is 7.58. The predicted molar refractivity (Wildman–Crippen MR) is 86.9 cm³/mol. The van der Waals surface area contributed by atoms with Crippen LogP contribution in [-0.2, 0) is 14.4 Å². The zero-order chi connectivity index (χ0) is 16.1. The fourth-order valence-electron chi connectivity index (χ4n) is 6.75. The molecule has 1 spiro atoms. The van der Waals surface area contributed by atoms with Gasteiger partial charge in [0.05, 0.1) is 5.92 Å². The first-order valence-electron chi connectivity index (χ1n) is 9.69. The van der Waals surface area contributed by atoms with Crippen LogP contribution in [0.1, 0.15) is 83.5 Å². The summed E-state index contributed by atoms with van der Waals surface area (Å²) in [6, 6.07) is 0. The molecule has 0 N–H and O–H groups in total. The molecule has 4 fully saturated rings. The van der Waals surface area contributed by atoms with Crippen LogP contribution in [0.15, 0.2) is 0 Å². The van der Waals surface area contributed by atoms with Gasteiger partial charge >= 0.3 is 0 Å². The maximum atomic E-state index is 12.7. The average molecular weight is 316 g/mol. The van der Waals surface area contributed by atoms with E-state index in [4.69, 9.17) is 0 Å². The lowest BCUT2D eigenvalue weighted by atomic mass is 9.59. The molecule has 4 aliphatic carbocycles. The molecular formula is C20H28O3. The molecule has 3 heteroatoms. The van der Waals surface area contributed by atoms with Crippen LogP contribution in [0.4, 0.5) is 0 Å². The summed E-state index contributed by atoms with van der Waals surface area (Å²) in [6.07, 6.45) is 13.1. The van der Waals surface area contributed by atoms with Crippen molar-refractivity contribution >= 4 is 17.3 Å². The lowest BCUT2D eigenvalue weighted by Crippen LogP contribution is -2.39. The van der Waals surface area contributed by atoms with Gasteiger partial charge in [0.2, 0.25) is 0 Å². The minimum Gasteiger partial charge on any atom is -0.299 e. The monoisotopic (exact) mass is 316 g/mol. The fraction of sp³-hybridized carbons (Fsp3) is 0.850. The molecule has 0 radical (unpaired) electrons. The summed E-state index contributed by atoms with van der Waals surface area (Å²) in [5, 5.41) is 0. The molecule has 0 aromatic heterocycles. The first-order chi connectivity index (χ1) is 11.1. The van der Waals surface area contributed by atoms with E-state index in [9.17, 15) is 14.4 Å². The van der Waals surface area contributed by atoms with Gasteiger partial charge in [-0.1, -0.05) is 51.4 Å². The van der Waals surface area contributed by atoms with Gasteiger partial charge in [-0.05, 0) is 18.3 Å². The van der Waals surface area contributed by atoms with Gasteiger partial charge in [-0.15, -0.1) is 0 Å². The second-order valence-electron chi connectivity index (χ2n) is 8.59. The Morgan fingerprint density at radius 1 is 0.652 bits per heavy atom. The zero-order valence-electron chi connectivity index (χ0n) is 14.1. The van der Waals surface area contributed by atoms with Crippen LogP contribution in [-0.4, -0.2) is 17.3 Å². The molecule has 4 saturated carbocycles. The van der Waals surface area contributed by atoms with E-state index in [-0.39, 0.29) is 28.3 Å². The van der Waals surface area contributed by atoms with E-state index in [1.807, 2.05) is 0 Å². The molecule has 0 heterocycles. The molecule has 0 unspecified atom stereocenters. The second kappa shape index (κ2) is 5.53. The summed E-state index contributed by atoms with van der Waals surface area (Å²) in [7, 11) is 0. The Morgan fingerprint density at radius 2 is 1.22 bits per heavy atom. The van der Waals surface area contributed by atoms with Crippen molar-refractivity contribution in [1.82, 2.24) is 0 Å². The maximum absolute atomic E-state index is 12.7. The maximum Gasteiger partial charge on any atom is 0.144 e. The number of ketones is 3. The number of hydrogen-bond acceptors (Lipinski definition) is 3. The molecule has 0 aromatic carbocycles. The van der Waals surface area contributed by atoms with Crippen molar-refractivity contribution in [2.75, 3.05) is 0 Å². The molecule has 23 heavy (non-hydrogen) atoms. The molecule has 0 aromatic rings. The Hall–Kier alpha value is -0.990. The molecule has 0 aliphatic heterocycles. The van der Waals surface area contributed by atoms with Crippen LogP contribution >= 0.6 is 0 Å². The summed E-state index contributed by atoms with van der Waals surface area (Å²) < 4.78 is 0. The van der Waals surface area contributed by atoms with Crippen molar-refractivity contribution in [3.63, 3.8) is 0 Å². The summed E-state index contributed by atoms with van der Waals surface area (Å²) in [6.45, 7) is 0. The van der Waals surface area contributed by atoms with Crippen molar-refractivity contribution in [1.29, 1.82) is 0 Å². The van der Waals surface area contributed by atoms with Crippen LogP contribution < -0.4 is 0 Å². The largest absolute Gasteiger partial charge is 0.299 e. The molecule has 0 saturated heterocycles. The van der Waals surface area contributed by atoms with Gasteiger partial charge in [-0.3, -0.25) is 14.4 Å². The Morgan fingerprint density at radius 3 is 1.91 bits per heavy atom. The van der Waals surface area contributed by atoms with E-state index >= 15 is 0 Å². The SMILES string of the molecule is O=C1C[C@H]2C(=O)C[C@]34CCCCCCCCCC[C@@]23[C@H]1C(=O)C4. The normalized spacial score (nSPS) is 44.6. The van der Waals surface area contributed by atoms with Gasteiger partial charge in [0.25, 0.3) is 0 Å². The van der Waals surface area contributed by atoms with Gasteiger partial charge in [-0.25, -0.2) is 0 Å². The second-order valence-corrected chi connectivity index (χ2v) is 8.59. The smallest absolute Gasteiger partial charge is 0.144 e. The van der Waals surface area contributed by atoms with Crippen molar-refractivity contribution in [2.45, 2.75) is 83.5 Å². The molecule has 3 nitrogen and oxygen atoms in total. The standard InChI is InChI=1S/C20H28O3/c21-15-11-14-16(22)12-19-9-7-5-3-1-2-4-6-8-10-20(14,19)18(15)17(23)13-19/h14,18H,1-13H2/t14-,18+,19-,20-/m0/s1. The van der Waals surface area contributed by atoms with Crippen molar-refractivity contribution in [3.05, 3.63) is 0 Å². The summed E-state index contributed by atoms with van der Waals surface area (Å²) in [5.41, 5.74) is -0.445. The molecule has 0 amide bonds. The van der Waals surface area contributed by atoms with Gasteiger partial charge < -0.3 is 0 Å². The van der Waals surface area contributed by atoms with Crippen LogP contribution in [0.25, 0.3) is 0 Å². The minimum atomic E-state index is -0.429. The van der Waals surface area contributed by atoms with Crippen molar-refractivity contribution < 1.29 is 14.4 Å². The quantitative estimate of drug-likeness (QED) is 0.634. The molecule has 4 aliphatic rings. The first kappa shape index (κ1) is 15.5. The highest BCUT2D eigenvalue weighted by Gasteiger charge is 2.76. The highest BCUT2D eigenvalue weighted by atomic mass is 16.2. The van der Waals surface area contributed by atoms with Crippen LogP contribution in [0.3, 0.4) is 0 Å². The van der Waals surface area contributed by atoms with E-state index in [2.05, 4.69) is 0 Å². The van der Waals surface area contributed by atoms with Gasteiger partial charge in [0.15, 0.2) is 0 Å². The van der Waals surface area contributed by atoms with E-state index in [1.54, 1.807) is 0 Å². The van der Waals surface area contributed by atoms with Gasteiger partial charge in [0.1, 0.15) is 17.3 Å². The average Bonchev–Trinajstić information content (AvgIpc) is 3.01. The number of carbonyl (C=O) groups is 3. The highest BCUT2D eigenvalue weighted by molar-refractivity contribution is 6.12. The summed E-state index contributed by atoms with van der Waals surface area (Å²) >= 11 is 0. The van der Waals surface area contributed by atoms with Crippen molar-refractivity contribution in [2.24, 2.45) is 22.7 Å². The van der Waals surface area contributed by atoms with Crippen LogP contribution in [0.2, 0.25) is 0 Å². The number of hydrogen-bond donors (Lipinski definition) is 0. The summed E-state index contributed by atoms with van der Waals surface area (Å²) in [4.78, 5) is 38.0. The predicted octanol–water partition coefficient (Wildman–Crippen LogP) is 4.02. The Bertz CT molecular complexity index is 551. The third-order valence-electron chi connectivity index (χ3n) is 7.58. The molecule has 4 rings (SSSR count). The Kier molecular flexibility index (Phi) is 3.73. The first-order valence-corrected chi connectivity index (χ1v) is 9.69. The number of Topliss-reactive ketones (excluding diaryl/α,β-unsaturated/α-hetero) is 3. The van der Waals surface area contributed by atoms with Crippen molar-refractivity contribution in [3.8, 4) is 0 Å². The molecular weight excluding hydrogens is 288 g/mol. The molecule has 126 valence electrons. The minimum absolute atomic E-state index is 0.0852. The Labute approximate surface area is 138 Å². The van der Waals surface area contributed by atoms with E-state index in [0.29, 0.717) is 25.0 Å². The highest BCUT2D eigenvalue weighted by Crippen LogP contribution is 2.73. The van der Waals surface area contributed by atoms with E-state index in [0.717, 1.165) is 25.7 Å². The third kappa shape index (κ3) is 2.04. The summed E-state index contributed by atoms with van der Waals surface area (Å²) in [5.74, 6) is -0.0126. The fourth-order valence-corrected chi connectivity index (χ4v) is 6.75. The molecule has 4 atom stereocenters. The lowest BCUT2D eigenvalue weighted by Gasteiger charge is -2.42. The van der Waals surface area contributed by atoms with E-state index in [1.165, 1.54) is 38.5 Å². The van der Waals surface area contributed by atoms with Crippen LogP contribution in [0, 0.1) is 22.7 Å².